The molecule has 0 aromatic carbocycles. The molecule has 0 amide bonds. The molecule has 1 aromatic rings. The topological polar surface area (TPSA) is 50.3 Å². The maximum Gasteiger partial charge on any atom is 0.134 e. The molecular formula is C15H24N4O. The van der Waals surface area contributed by atoms with E-state index in [0.29, 0.717) is 12.1 Å². The minimum Gasteiger partial charge on any atom is -0.374 e. The third-order valence-electron chi connectivity index (χ3n) is 4.24. The molecule has 2 unspecified atom stereocenters. The van der Waals surface area contributed by atoms with Gasteiger partial charge in [-0.1, -0.05) is 19.8 Å². The Hall–Kier alpha value is -1.36. The van der Waals surface area contributed by atoms with Gasteiger partial charge in [-0.15, -0.1) is 0 Å². The van der Waals surface area contributed by atoms with Crippen LogP contribution >= 0.6 is 0 Å². The van der Waals surface area contributed by atoms with Crippen LogP contribution in [-0.2, 0) is 4.74 Å². The number of morpholine rings is 1. The molecule has 1 saturated heterocycles. The summed E-state index contributed by atoms with van der Waals surface area (Å²) in [6.45, 7) is 4.85. The summed E-state index contributed by atoms with van der Waals surface area (Å²) in [5.74, 6) is 1.97. The first-order valence-electron chi connectivity index (χ1n) is 7.82. The maximum absolute atomic E-state index is 5.93. The van der Waals surface area contributed by atoms with Crippen LogP contribution in [-0.4, -0.2) is 41.8 Å². The molecule has 0 radical (unpaired) electrons. The normalized spacial score (nSPS) is 26.1. The summed E-state index contributed by atoms with van der Waals surface area (Å²) in [6, 6.07) is 2.57. The zero-order valence-corrected chi connectivity index (χ0v) is 12.2. The van der Waals surface area contributed by atoms with Crippen molar-refractivity contribution in [2.24, 2.45) is 0 Å². The molecule has 2 aliphatic rings. The first-order valence-corrected chi connectivity index (χ1v) is 7.82. The van der Waals surface area contributed by atoms with E-state index < -0.39 is 0 Å². The van der Waals surface area contributed by atoms with Gasteiger partial charge in [0.05, 0.1) is 18.8 Å². The molecule has 0 bridgehead atoms. The summed E-state index contributed by atoms with van der Waals surface area (Å²) in [7, 11) is 0. The molecule has 1 N–H and O–H groups in total. The highest BCUT2D eigenvalue weighted by atomic mass is 16.5. The van der Waals surface area contributed by atoms with Crippen molar-refractivity contribution in [1.29, 1.82) is 0 Å². The molecule has 1 aliphatic heterocycles. The molecule has 1 aliphatic carbocycles. The Balaban J connectivity index is 1.76. The number of ether oxygens (including phenoxy) is 1. The smallest absolute Gasteiger partial charge is 0.134 e. The minimum absolute atomic E-state index is 0.388. The van der Waals surface area contributed by atoms with Crippen molar-refractivity contribution in [1.82, 2.24) is 9.97 Å². The summed E-state index contributed by atoms with van der Waals surface area (Å²) >= 11 is 0. The lowest BCUT2D eigenvalue weighted by atomic mass is 9.90. The van der Waals surface area contributed by atoms with E-state index in [-0.39, 0.29) is 0 Å². The number of fused-ring (bicyclic) bond motifs is 1. The molecule has 2 atom stereocenters. The van der Waals surface area contributed by atoms with Crippen molar-refractivity contribution in [3.8, 4) is 0 Å². The Morgan fingerprint density at radius 2 is 2.25 bits per heavy atom. The maximum atomic E-state index is 5.93. The fourth-order valence-electron chi connectivity index (χ4n) is 3.23. The van der Waals surface area contributed by atoms with Gasteiger partial charge >= 0.3 is 0 Å². The highest BCUT2D eigenvalue weighted by Crippen LogP contribution is 2.31. The van der Waals surface area contributed by atoms with Crippen molar-refractivity contribution in [2.75, 3.05) is 29.9 Å². The first-order chi connectivity index (χ1) is 9.88. The predicted octanol–water partition coefficient (Wildman–Crippen LogP) is 2.45. The Bertz CT molecular complexity index is 438. The SMILES string of the molecule is CCCNc1cc(N2CCOC3CCCCC32)ncn1. The van der Waals surface area contributed by atoms with E-state index in [1.807, 2.05) is 0 Å². The highest BCUT2D eigenvalue weighted by Gasteiger charge is 2.34. The number of hydrogen-bond donors (Lipinski definition) is 1. The molecule has 2 fully saturated rings. The van der Waals surface area contributed by atoms with Crippen LogP contribution in [0, 0.1) is 0 Å². The summed E-state index contributed by atoms with van der Waals surface area (Å²) in [6.07, 6.45) is 8.15. The average Bonchev–Trinajstić information content (AvgIpc) is 2.52. The third kappa shape index (κ3) is 2.87. The number of rotatable bonds is 4. The van der Waals surface area contributed by atoms with Gasteiger partial charge in [-0.2, -0.15) is 0 Å². The van der Waals surface area contributed by atoms with Crippen molar-refractivity contribution in [3.63, 3.8) is 0 Å². The molecule has 1 aromatic heterocycles. The van der Waals surface area contributed by atoms with E-state index in [1.54, 1.807) is 6.33 Å². The van der Waals surface area contributed by atoms with Gasteiger partial charge in [0.15, 0.2) is 0 Å². The first kappa shape index (κ1) is 13.6. The van der Waals surface area contributed by atoms with E-state index >= 15 is 0 Å². The molecule has 5 heteroatoms. The van der Waals surface area contributed by atoms with Crippen LogP contribution < -0.4 is 10.2 Å². The minimum atomic E-state index is 0.388. The van der Waals surface area contributed by atoms with Crippen LogP contribution in [0.15, 0.2) is 12.4 Å². The summed E-state index contributed by atoms with van der Waals surface area (Å²) < 4.78 is 5.93. The Labute approximate surface area is 120 Å². The monoisotopic (exact) mass is 276 g/mol. The second-order valence-electron chi connectivity index (χ2n) is 5.64. The molecular weight excluding hydrogens is 252 g/mol. The van der Waals surface area contributed by atoms with Gasteiger partial charge in [0.1, 0.15) is 18.0 Å². The second kappa shape index (κ2) is 6.39. The highest BCUT2D eigenvalue weighted by molar-refractivity contribution is 5.49. The average molecular weight is 276 g/mol. The van der Waals surface area contributed by atoms with E-state index in [9.17, 15) is 0 Å². The summed E-state index contributed by atoms with van der Waals surface area (Å²) in [4.78, 5) is 11.2. The Morgan fingerprint density at radius 1 is 1.35 bits per heavy atom. The van der Waals surface area contributed by atoms with Crippen LogP contribution in [0.25, 0.3) is 0 Å². The summed E-state index contributed by atoms with van der Waals surface area (Å²) in [5, 5.41) is 3.34. The predicted molar refractivity (Wildman–Crippen MR) is 80.2 cm³/mol. The van der Waals surface area contributed by atoms with Gasteiger partial charge in [0, 0.05) is 19.2 Å². The van der Waals surface area contributed by atoms with E-state index in [1.165, 1.54) is 25.7 Å². The molecule has 1 saturated carbocycles. The Kier molecular flexibility index (Phi) is 4.35. The number of nitrogens with zero attached hydrogens (tertiary/aromatic N) is 3. The third-order valence-corrected chi connectivity index (χ3v) is 4.24. The lowest BCUT2D eigenvalue weighted by molar-refractivity contribution is -0.00899. The summed E-state index contributed by atoms with van der Waals surface area (Å²) in [5.41, 5.74) is 0. The molecule has 0 spiro atoms. The lowest BCUT2D eigenvalue weighted by Crippen LogP contribution is -2.53. The van der Waals surface area contributed by atoms with Crippen molar-refractivity contribution in [3.05, 3.63) is 12.4 Å². The Morgan fingerprint density at radius 3 is 3.15 bits per heavy atom. The van der Waals surface area contributed by atoms with Crippen molar-refractivity contribution < 1.29 is 4.74 Å². The quantitative estimate of drug-likeness (QED) is 0.915. The van der Waals surface area contributed by atoms with Crippen molar-refractivity contribution in [2.45, 2.75) is 51.2 Å². The van der Waals surface area contributed by atoms with E-state index in [2.05, 4.69) is 33.2 Å². The molecule has 20 heavy (non-hydrogen) atoms. The second-order valence-corrected chi connectivity index (χ2v) is 5.64. The molecule has 110 valence electrons. The number of anilines is 2. The number of hydrogen-bond acceptors (Lipinski definition) is 5. The van der Waals surface area contributed by atoms with Crippen LogP contribution in [0.3, 0.4) is 0 Å². The molecule has 5 nitrogen and oxygen atoms in total. The fourth-order valence-corrected chi connectivity index (χ4v) is 3.23. The van der Waals surface area contributed by atoms with Gasteiger partial charge in [-0.3, -0.25) is 0 Å². The zero-order chi connectivity index (χ0) is 13.8. The van der Waals surface area contributed by atoms with Crippen LogP contribution in [0.5, 0.6) is 0 Å². The van der Waals surface area contributed by atoms with Gasteiger partial charge in [-0.05, 0) is 19.3 Å². The van der Waals surface area contributed by atoms with E-state index in [4.69, 9.17) is 4.74 Å². The fraction of sp³-hybridized carbons (Fsp3) is 0.733. The lowest BCUT2D eigenvalue weighted by Gasteiger charge is -2.44. The van der Waals surface area contributed by atoms with Crippen LogP contribution in [0.4, 0.5) is 11.6 Å². The van der Waals surface area contributed by atoms with Crippen LogP contribution in [0.1, 0.15) is 39.0 Å². The molecule has 2 heterocycles. The van der Waals surface area contributed by atoms with Gasteiger partial charge < -0.3 is 15.0 Å². The zero-order valence-electron chi connectivity index (χ0n) is 12.2. The van der Waals surface area contributed by atoms with E-state index in [0.717, 1.165) is 37.8 Å². The molecule has 3 rings (SSSR count). The van der Waals surface area contributed by atoms with Crippen molar-refractivity contribution >= 4 is 11.6 Å². The van der Waals surface area contributed by atoms with Crippen LogP contribution in [0.2, 0.25) is 0 Å². The van der Waals surface area contributed by atoms with Gasteiger partial charge in [-0.25, -0.2) is 9.97 Å². The van der Waals surface area contributed by atoms with Gasteiger partial charge in [0.25, 0.3) is 0 Å². The number of aromatic nitrogens is 2. The standard InChI is InChI=1S/C15H24N4O/c1-2-7-16-14-10-15(18-11-17-14)19-8-9-20-13-6-4-3-5-12(13)19/h10-13H,2-9H2,1H3,(H,16,17,18). The largest absolute Gasteiger partial charge is 0.374 e. The number of nitrogens with one attached hydrogen (secondary N) is 1. The van der Waals surface area contributed by atoms with Gasteiger partial charge in [0.2, 0.25) is 0 Å².